The zero-order valence-electron chi connectivity index (χ0n) is 19.0. The summed E-state index contributed by atoms with van der Waals surface area (Å²) in [4.78, 5) is 27.5. The van der Waals surface area contributed by atoms with Crippen molar-refractivity contribution in [3.05, 3.63) is 59.4 Å². The van der Waals surface area contributed by atoms with Crippen molar-refractivity contribution in [2.24, 2.45) is 10.3 Å². The fraction of sp³-hybridized carbons (Fsp3) is 0.375. The Kier molecular flexibility index (Phi) is 6.70. The smallest absolute Gasteiger partial charge is 0.310 e. The van der Waals surface area contributed by atoms with Crippen molar-refractivity contribution < 1.29 is 27.1 Å². The van der Waals surface area contributed by atoms with Crippen LogP contribution in [0.25, 0.3) is 0 Å². The normalized spacial score (nSPS) is 20.6. The summed E-state index contributed by atoms with van der Waals surface area (Å²) in [6, 6.07) is 10.3. The molecule has 0 saturated heterocycles. The number of fused-ring (bicyclic) bond motifs is 1. The number of aryl methyl sites for hydroxylation is 1. The number of nitrogens with one attached hydrogen (secondary N) is 1. The maximum absolute atomic E-state index is 13.5. The molecule has 10 heteroatoms. The molecule has 180 valence electrons. The van der Waals surface area contributed by atoms with E-state index in [4.69, 9.17) is 4.74 Å². The van der Waals surface area contributed by atoms with Crippen LogP contribution in [0.15, 0.2) is 51.8 Å². The van der Waals surface area contributed by atoms with Gasteiger partial charge in [0.1, 0.15) is 16.5 Å². The Bertz CT molecular complexity index is 1240. The fourth-order valence-electron chi connectivity index (χ4n) is 4.56. The van der Waals surface area contributed by atoms with Crippen LogP contribution in [0.2, 0.25) is 0 Å². The molecule has 4 rings (SSSR count). The first-order valence-electron chi connectivity index (χ1n) is 11.0. The van der Waals surface area contributed by atoms with Crippen molar-refractivity contribution >= 4 is 33.4 Å². The van der Waals surface area contributed by atoms with Crippen LogP contribution < -0.4 is 5.32 Å². The van der Waals surface area contributed by atoms with Gasteiger partial charge in [-0.3, -0.25) is 9.59 Å². The van der Waals surface area contributed by atoms with E-state index in [1.54, 1.807) is 36.1 Å². The molecule has 0 radical (unpaired) electrons. The third-order valence-electron chi connectivity index (χ3n) is 6.21. The molecular weight excluding hydrogens is 461 g/mol. The van der Waals surface area contributed by atoms with Crippen LogP contribution in [-0.4, -0.2) is 44.2 Å². The number of carbonyl (C=O) groups is 2. The van der Waals surface area contributed by atoms with Gasteiger partial charge in [-0.05, 0) is 55.2 Å². The molecule has 1 aliphatic carbocycles. The lowest BCUT2D eigenvalue weighted by Crippen LogP contribution is -2.45. The number of amidine groups is 1. The number of methoxy groups -OCH3 is 1. The lowest BCUT2D eigenvalue weighted by molar-refractivity contribution is -0.149. The number of nitrogens with zero attached hydrogens (tertiary/aromatic N) is 2. The van der Waals surface area contributed by atoms with Gasteiger partial charge in [0.2, 0.25) is 5.91 Å². The van der Waals surface area contributed by atoms with E-state index in [2.05, 4.69) is 9.71 Å². The Balaban J connectivity index is 1.62. The molecule has 1 N–H and O–H groups in total. The second-order valence-corrected chi connectivity index (χ2v) is 10.2. The first-order valence-corrected chi connectivity index (χ1v) is 12.4. The number of ether oxygens (including phenoxy) is 1. The highest BCUT2D eigenvalue weighted by molar-refractivity contribution is 7.90. The summed E-state index contributed by atoms with van der Waals surface area (Å²) in [6.07, 6.45) is 1.65. The largest absolute Gasteiger partial charge is 0.469 e. The summed E-state index contributed by atoms with van der Waals surface area (Å²) in [7, 11) is -2.64. The highest BCUT2D eigenvalue weighted by Gasteiger charge is 2.40. The number of sulfonamides is 1. The minimum atomic E-state index is -3.96. The van der Waals surface area contributed by atoms with Gasteiger partial charge in [0.05, 0.1) is 25.1 Å². The van der Waals surface area contributed by atoms with Crippen LogP contribution in [0.3, 0.4) is 0 Å². The van der Waals surface area contributed by atoms with Crippen molar-refractivity contribution in [3.63, 3.8) is 0 Å². The molecule has 34 heavy (non-hydrogen) atoms. The SMILES string of the molecule is COC(=O)C1CCCC1N(Cc1ccc(F)cc1)C(=O)CC1=NS(=O)(=O)c2cc(C)ccc2N1. The highest BCUT2D eigenvalue weighted by atomic mass is 32.2. The van der Waals surface area contributed by atoms with Gasteiger partial charge < -0.3 is 15.0 Å². The van der Waals surface area contributed by atoms with Crippen molar-refractivity contribution in [3.8, 4) is 0 Å². The van der Waals surface area contributed by atoms with Crippen molar-refractivity contribution in [2.75, 3.05) is 12.4 Å². The lowest BCUT2D eigenvalue weighted by atomic mass is 10.0. The summed E-state index contributed by atoms with van der Waals surface area (Å²) in [5.41, 5.74) is 1.83. The second-order valence-electron chi connectivity index (χ2n) is 8.59. The Morgan fingerprint density at radius 1 is 1.18 bits per heavy atom. The van der Waals surface area contributed by atoms with Crippen LogP contribution in [0.4, 0.5) is 10.1 Å². The van der Waals surface area contributed by atoms with Gasteiger partial charge in [-0.25, -0.2) is 4.39 Å². The molecule has 1 fully saturated rings. The minimum absolute atomic E-state index is 0.0121. The molecule has 1 amide bonds. The van der Waals surface area contributed by atoms with E-state index in [1.807, 2.05) is 0 Å². The second kappa shape index (κ2) is 9.54. The number of carbonyl (C=O) groups excluding carboxylic acids is 2. The summed E-state index contributed by atoms with van der Waals surface area (Å²) >= 11 is 0. The molecule has 0 bridgehead atoms. The number of halogens is 1. The quantitative estimate of drug-likeness (QED) is 0.626. The summed E-state index contributed by atoms with van der Waals surface area (Å²) in [5.74, 6) is -1.64. The van der Waals surface area contributed by atoms with Crippen LogP contribution in [0.5, 0.6) is 0 Å². The van der Waals surface area contributed by atoms with Gasteiger partial charge in [-0.2, -0.15) is 8.42 Å². The maximum atomic E-state index is 13.5. The van der Waals surface area contributed by atoms with E-state index >= 15 is 0 Å². The Labute approximate surface area is 197 Å². The van der Waals surface area contributed by atoms with E-state index < -0.39 is 27.8 Å². The van der Waals surface area contributed by atoms with Gasteiger partial charge in [0.15, 0.2) is 0 Å². The molecule has 1 saturated carbocycles. The number of benzene rings is 2. The summed E-state index contributed by atoms with van der Waals surface area (Å²) < 4.78 is 47.6. The van der Waals surface area contributed by atoms with E-state index in [0.717, 1.165) is 12.0 Å². The van der Waals surface area contributed by atoms with Crippen LogP contribution in [0, 0.1) is 18.7 Å². The molecule has 0 spiro atoms. The van der Waals surface area contributed by atoms with Crippen LogP contribution in [0.1, 0.15) is 36.8 Å². The number of hydrogen-bond donors (Lipinski definition) is 1. The van der Waals surface area contributed by atoms with Gasteiger partial charge >= 0.3 is 5.97 Å². The summed E-state index contributed by atoms with van der Waals surface area (Å²) in [5, 5.41) is 2.95. The molecular formula is C24H26FN3O5S. The molecule has 0 aromatic heterocycles. The lowest BCUT2D eigenvalue weighted by Gasteiger charge is -2.33. The molecule has 8 nitrogen and oxygen atoms in total. The van der Waals surface area contributed by atoms with Gasteiger partial charge in [-0.1, -0.05) is 24.6 Å². The zero-order valence-corrected chi connectivity index (χ0v) is 19.8. The van der Waals surface area contributed by atoms with Crippen molar-refractivity contribution in [1.29, 1.82) is 0 Å². The minimum Gasteiger partial charge on any atom is -0.469 e. The summed E-state index contributed by atoms with van der Waals surface area (Å²) in [6.45, 7) is 1.93. The molecule has 1 aliphatic heterocycles. The third-order valence-corrected chi connectivity index (χ3v) is 7.57. The third kappa shape index (κ3) is 4.96. The first-order chi connectivity index (χ1) is 16.2. The van der Waals surface area contributed by atoms with Crippen LogP contribution >= 0.6 is 0 Å². The zero-order chi connectivity index (χ0) is 24.5. The molecule has 2 aliphatic rings. The van der Waals surface area contributed by atoms with Crippen molar-refractivity contribution in [1.82, 2.24) is 4.90 Å². The number of hydrogen-bond acceptors (Lipinski definition) is 6. The van der Waals surface area contributed by atoms with Gasteiger partial charge in [0.25, 0.3) is 10.0 Å². The van der Waals surface area contributed by atoms with Crippen molar-refractivity contribution in [2.45, 2.75) is 50.1 Å². The fourth-order valence-corrected chi connectivity index (χ4v) is 5.79. The molecule has 2 aromatic carbocycles. The van der Waals surface area contributed by atoms with E-state index in [0.29, 0.717) is 24.1 Å². The van der Waals surface area contributed by atoms with Crippen LogP contribution in [-0.2, 0) is 30.9 Å². The highest BCUT2D eigenvalue weighted by Crippen LogP contribution is 2.33. The molecule has 2 unspecified atom stereocenters. The Morgan fingerprint density at radius 3 is 2.62 bits per heavy atom. The number of esters is 1. The molecule has 1 heterocycles. The number of amides is 1. The number of anilines is 1. The average molecular weight is 488 g/mol. The Hall–Kier alpha value is -3.27. The topological polar surface area (TPSA) is 105 Å². The monoisotopic (exact) mass is 487 g/mol. The van der Waals surface area contributed by atoms with E-state index in [-0.39, 0.29) is 35.6 Å². The standard InChI is InChI=1S/C24H26FN3O5S/c1-15-6-11-19-21(12-15)34(31,32)27-22(26-19)13-23(29)28(14-16-7-9-17(25)10-8-16)20-5-3-4-18(20)24(30)33-2/h6-12,18,20H,3-5,13-14H2,1-2H3,(H,26,27). The predicted octanol–water partition coefficient (Wildman–Crippen LogP) is 3.41. The molecule has 2 aromatic rings. The first kappa shape index (κ1) is 23.9. The Morgan fingerprint density at radius 2 is 1.91 bits per heavy atom. The van der Waals surface area contributed by atoms with E-state index in [1.165, 1.54) is 25.3 Å². The maximum Gasteiger partial charge on any atom is 0.310 e. The predicted molar refractivity (Wildman–Crippen MR) is 124 cm³/mol. The average Bonchev–Trinajstić information content (AvgIpc) is 3.28. The van der Waals surface area contributed by atoms with Gasteiger partial charge in [-0.15, -0.1) is 4.40 Å². The van der Waals surface area contributed by atoms with E-state index in [9.17, 15) is 22.4 Å². The number of rotatable bonds is 6. The molecule has 2 atom stereocenters. The van der Waals surface area contributed by atoms with Gasteiger partial charge in [0, 0.05) is 12.6 Å².